The molecule has 4 atom stereocenters. The lowest BCUT2D eigenvalue weighted by Gasteiger charge is -2.53. The van der Waals surface area contributed by atoms with Crippen LogP contribution >= 0.6 is 0 Å². The Morgan fingerprint density at radius 3 is 2.57 bits per heavy atom. The summed E-state index contributed by atoms with van der Waals surface area (Å²) in [4.78, 5) is 23.0. The van der Waals surface area contributed by atoms with Crippen molar-refractivity contribution in [2.45, 2.75) is 46.1 Å². The summed E-state index contributed by atoms with van der Waals surface area (Å²) in [5.41, 5.74) is -0.914. The van der Waals surface area contributed by atoms with Gasteiger partial charge in [-0.15, -0.1) is 0 Å². The van der Waals surface area contributed by atoms with Crippen molar-refractivity contribution >= 4 is 12.1 Å². The summed E-state index contributed by atoms with van der Waals surface area (Å²) in [6, 6.07) is 0. The fraction of sp³-hybridized carbons (Fsp3) is 0.750. The van der Waals surface area contributed by atoms with E-state index in [9.17, 15) is 14.7 Å². The van der Waals surface area contributed by atoms with Crippen molar-refractivity contribution < 1.29 is 19.4 Å². The van der Waals surface area contributed by atoms with Gasteiger partial charge in [-0.05, 0) is 44.9 Å². The number of aliphatic carboxylic acids is 1. The topological polar surface area (TPSA) is 75.6 Å². The van der Waals surface area contributed by atoms with E-state index in [4.69, 9.17) is 4.74 Å². The van der Waals surface area contributed by atoms with Gasteiger partial charge in [0.05, 0.1) is 6.42 Å². The first-order chi connectivity index (χ1) is 9.63. The summed E-state index contributed by atoms with van der Waals surface area (Å²) in [7, 11) is 0. The molecule has 0 saturated heterocycles. The van der Waals surface area contributed by atoms with E-state index in [0.29, 0.717) is 18.4 Å². The van der Waals surface area contributed by atoms with Crippen molar-refractivity contribution in [3.05, 3.63) is 12.2 Å². The van der Waals surface area contributed by atoms with Crippen molar-refractivity contribution in [3.8, 4) is 0 Å². The van der Waals surface area contributed by atoms with Crippen molar-refractivity contribution in [1.29, 1.82) is 0 Å². The van der Waals surface area contributed by atoms with Crippen LogP contribution in [0.15, 0.2) is 12.2 Å². The summed E-state index contributed by atoms with van der Waals surface area (Å²) < 4.78 is 5.22. The van der Waals surface area contributed by atoms with Gasteiger partial charge in [0.2, 0.25) is 0 Å². The maximum atomic E-state index is 11.8. The van der Waals surface area contributed by atoms with Crippen molar-refractivity contribution in [2.75, 3.05) is 6.54 Å². The summed E-state index contributed by atoms with van der Waals surface area (Å²) in [5, 5.41) is 11.9. The number of carboxylic acids is 1. The molecule has 2 aliphatic rings. The fourth-order valence-corrected chi connectivity index (χ4v) is 3.63. The van der Waals surface area contributed by atoms with Crippen LogP contribution < -0.4 is 5.32 Å². The first-order valence-electron chi connectivity index (χ1n) is 7.50. The third-order valence-electron chi connectivity index (χ3n) is 4.59. The molecule has 0 heterocycles. The zero-order chi connectivity index (χ0) is 15.8. The SMILES string of the molecule is CC1C=C[C@@H]2[C@H]1C[C@@]2(CNC(=O)OC(C)(C)C)CC(=O)O. The molecule has 2 rings (SSSR count). The third kappa shape index (κ3) is 3.39. The van der Waals surface area contributed by atoms with Crippen LogP contribution in [0.3, 0.4) is 0 Å². The molecule has 5 nitrogen and oxygen atoms in total. The Labute approximate surface area is 125 Å². The number of rotatable bonds is 4. The van der Waals surface area contributed by atoms with E-state index in [1.54, 1.807) is 20.8 Å². The summed E-state index contributed by atoms with van der Waals surface area (Å²) >= 11 is 0. The Morgan fingerprint density at radius 2 is 2.05 bits per heavy atom. The van der Waals surface area contributed by atoms with Gasteiger partial charge in [-0.2, -0.15) is 0 Å². The molecule has 21 heavy (non-hydrogen) atoms. The third-order valence-corrected chi connectivity index (χ3v) is 4.59. The second-order valence-electron chi connectivity index (χ2n) is 7.43. The number of allylic oxidation sites excluding steroid dienone is 2. The van der Waals surface area contributed by atoms with Crippen LogP contribution in [-0.4, -0.2) is 29.3 Å². The number of fused-ring (bicyclic) bond motifs is 1. The molecule has 0 spiro atoms. The molecule has 5 heteroatoms. The summed E-state index contributed by atoms with van der Waals surface area (Å²) in [5.74, 6) is 0.453. The molecule has 2 aliphatic carbocycles. The highest BCUT2D eigenvalue weighted by atomic mass is 16.6. The van der Waals surface area contributed by atoms with E-state index in [1.165, 1.54) is 0 Å². The Morgan fingerprint density at radius 1 is 1.38 bits per heavy atom. The molecular formula is C16H25NO4. The van der Waals surface area contributed by atoms with Crippen LogP contribution in [0.2, 0.25) is 0 Å². The number of hydrogen-bond donors (Lipinski definition) is 2. The number of nitrogens with one attached hydrogen (secondary N) is 1. The Kier molecular flexibility index (Phi) is 4.04. The van der Waals surface area contributed by atoms with E-state index in [0.717, 1.165) is 6.42 Å². The highest BCUT2D eigenvalue weighted by Crippen LogP contribution is 2.59. The van der Waals surface area contributed by atoms with Crippen molar-refractivity contribution in [1.82, 2.24) is 5.32 Å². The number of alkyl carbamates (subject to hydrolysis) is 1. The number of carbonyl (C=O) groups excluding carboxylic acids is 1. The van der Waals surface area contributed by atoms with Crippen LogP contribution in [0.1, 0.15) is 40.5 Å². The van der Waals surface area contributed by atoms with Gasteiger partial charge in [-0.1, -0.05) is 19.1 Å². The second-order valence-corrected chi connectivity index (χ2v) is 7.43. The predicted octanol–water partition coefficient (Wildman–Crippen LogP) is 2.81. The standard InChI is InChI=1S/C16H25NO4/c1-10-5-6-12-11(10)7-16(12,8-13(18)19)9-17-14(20)21-15(2,3)4/h5-6,10-12H,7-9H2,1-4H3,(H,17,20)(H,18,19)/t10?,11-,12+,16-/m0/s1. The van der Waals surface area contributed by atoms with Crippen LogP contribution in [0.4, 0.5) is 4.79 Å². The molecule has 0 aromatic rings. The van der Waals surface area contributed by atoms with Crippen LogP contribution in [0, 0.1) is 23.2 Å². The Bertz CT molecular complexity index is 465. The molecule has 1 saturated carbocycles. The highest BCUT2D eigenvalue weighted by molar-refractivity contribution is 5.70. The number of ether oxygens (including phenoxy) is 1. The maximum Gasteiger partial charge on any atom is 0.407 e. The number of carboxylic acid groups (broad SMARTS) is 1. The molecule has 0 aromatic carbocycles. The van der Waals surface area contributed by atoms with E-state index < -0.39 is 17.7 Å². The van der Waals surface area contributed by atoms with Crippen LogP contribution in [0.25, 0.3) is 0 Å². The van der Waals surface area contributed by atoms with E-state index in [2.05, 4.69) is 24.4 Å². The lowest BCUT2D eigenvalue weighted by atomic mass is 9.52. The van der Waals surface area contributed by atoms with Gasteiger partial charge in [-0.25, -0.2) is 4.79 Å². The van der Waals surface area contributed by atoms with Crippen LogP contribution in [0.5, 0.6) is 0 Å². The van der Waals surface area contributed by atoms with Gasteiger partial charge in [0, 0.05) is 12.0 Å². The first kappa shape index (κ1) is 15.9. The normalized spacial score (nSPS) is 34.0. The summed E-state index contributed by atoms with van der Waals surface area (Å²) in [6.45, 7) is 7.93. The molecule has 0 radical (unpaired) electrons. The lowest BCUT2D eigenvalue weighted by Crippen LogP contribution is -2.54. The predicted molar refractivity (Wildman–Crippen MR) is 78.8 cm³/mol. The minimum Gasteiger partial charge on any atom is -0.481 e. The molecule has 1 unspecified atom stereocenters. The molecule has 118 valence electrons. The second kappa shape index (κ2) is 5.35. The van der Waals surface area contributed by atoms with Crippen molar-refractivity contribution in [3.63, 3.8) is 0 Å². The number of amides is 1. The largest absolute Gasteiger partial charge is 0.481 e. The first-order valence-corrected chi connectivity index (χ1v) is 7.50. The lowest BCUT2D eigenvalue weighted by molar-refractivity contribution is -0.145. The molecule has 0 aliphatic heterocycles. The molecular weight excluding hydrogens is 270 g/mol. The fourth-order valence-electron chi connectivity index (χ4n) is 3.63. The zero-order valence-electron chi connectivity index (χ0n) is 13.2. The van der Waals surface area contributed by atoms with E-state index in [1.807, 2.05) is 0 Å². The van der Waals surface area contributed by atoms with Crippen LogP contribution in [-0.2, 0) is 9.53 Å². The Hall–Kier alpha value is -1.52. The van der Waals surface area contributed by atoms with Gasteiger partial charge in [-0.3, -0.25) is 4.79 Å². The average Bonchev–Trinajstić information content (AvgIpc) is 2.58. The highest BCUT2D eigenvalue weighted by Gasteiger charge is 2.56. The maximum absolute atomic E-state index is 11.8. The summed E-state index contributed by atoms with van der Waals surface area (Å²) in [6.07, 6.45) is 4.73. The smallest absolute Gasteiger partial charge is 0.407 e. The molecule has 1 fully saturated rings. The zero-order valence-corrected chi connectivity index (χ0v) is 13.2. The Balaban J connectivity index is 1.98. The number of carbonyl (C=O) groups is 2. The van der Waals surface area contributed by atoms with Crippen molar-refractivity contribution in [2.24, 2.45) is 23.2 Å². The van der Waals surface area contributed by atoms with E-state index >= 15 is 0 Å². The molecule has 0 aromatic heterocycles. The van der Waals surface area contributed by atoms with Gasteiger partial charge in [0.1, 0.15) is 5.60 Å². The molecule has 1 amide bonds. The minimum absolute atomic E-state index is 0.0843. The average molecular weight is 295 g/mol. The van der Waals surface area contributed by atoms with Gasteiger partial charge < -0.3 is 15.2 Å². The quantitative estimate of drug-likeness (QED) is 0.782. The van der Waals surface area contributed by atoms with Gasteiger partial charge in [0.25, 0.3) is 0 Å². The van der Waals surface area contributed by atoms with Gasteiger partial charge in [0.15, 0.2) is 0 Å². The monoisotopic (exact) mass is 295 g/mol. The van der Waals surface area contributed by atoms with E-state index in [-0.39, 0.29) is 17.8 Å². The molecule has 0 bridgehead atoms. The number of hydrogen-bond acceptors (Lipinski definition) is 3. The molecule has 2 N–H and O–H groups in total. The van der Waals surface area contributed by atoms with Gasteiger partial charge >= 0.3 is 12.1 Å². The minimum atomic E-state index is -0.813.